The van der Waals surface area contributed by atoms with Crippen LogP contribution >= 0.6 is 27.3 Å². The number of fused-ring (bicyclic) bond motifs is 1. The van der Waals surface area contributed by atoms with Crippen LogP contribution in [0.4, 0.5) is 5.69 Å². The number of rotatable bonds is 2. The number of esters is 1. The van der Waals surface area contributed by atoms with Gasteiger partial charge in [-0.3, -0.25) is 0 Å². The Morgan fingerprint density at radius 3 is 3.06 bits per heavy atom. The molecule has 0 spiro atoms. The zero-order chi connectivity index (χ0) is 12.4. The maximum absolute atomic E-state index is 11.7. The predicted octanol–water partition coefficient (Wildman–Crippen LogP) is 3.94. The second-order valence-electron chi connectivity index (χ2n) is 3.43. The average Bonchev–Trinajstić information content (AvgIpc) is 2.50. The van der Waals surface area contributed by atoms with E-state index < -0.39 is 0 Å². The van der Waals surface area contributed by atoms with Gasteiger partial charge in [-0.25, -0.2) is 4.79 Å². The Bertz CT molecular complexity index is 525. The first-order chi connectivity index (χ1) is 8.10. The number of hydrogen-bond donors (Lipinski definition) is 0. The summed E-state index contributed by atoms with van der Waals surface area (Å²) < 4.78 is 5.89. The van der Waals surface area contributed by atoms with Gasteiger partial charge in [-0.15, -0.1) is 11.3 Å². The number of aliphatic imine (C=N–C) groups is 1. The molecule has 2 rings (SSSR count). The van der Waals surface area contributed by atoms with Crippen molar-refractivity contribution in [2.45, 2.75) is 13.3 Å². The van der Waals surface area contributed by atoms with Crippen molar-refractivity contribution in [2.24, 2.45) is 4.99 Å². The van der Waals surface area contributed by atoms with E-state index in [0.717, 1.165) is 14.4 Å². The second-order valence-corrected chi connectivity index (χ2v) is 5.89. The summed E-state index contributed by atoms with van der Waals surface area (Å²) in [5.41, 5.74) is 8.91. The molecule has 4 nitrogen and oxygen atoms in total. The van der Waals surface area contributed by atoms with E-state index in [4.69, 9.17) is 10.5 Å². The molecule has 0 bridgehead atoms. The fourth-order valence-corrected chi connectivity index (χ4v) is 3.02. The van der Waals surface area contributed by atoms with Gasteiger partial charge in [0.2, 0.25) is 0 Å². The molecule has 0 amide bonds. The first kappa shape index (κ1) is 15.6. The van der Waals surface area contributed by atoms with Gasteiger partial charge in [-0.05, 0) is 47.1 Å². The zero-order valence-corrected chi connectivity index (χ0v) is 13.4. The van der Waals surface area contributed by atoms with E-state index in [0.29, 0.717) is 12.2 Å². The number of carbonyl (C=O) groups is 1. The van der Waals surface area contributed by atoms with E-state index in [1.807, 2.05) is 6.07 Å². The fraction of sp³-hybridized carbons (Fsp3) is 0.273. The predicted molar refractivity (Wildman–Crippen MR) is 72.7 cm³/mol. The van der Waals surface area contributed by atoms with Crippen LogP contribution in [0.15, 0.2) is 20.4 Å². The van der Waals surface area contributed by atoms with E-state index in [2.05, 4.69) is 20.9 Å². The van der Waals surface area contributed by atoms with E-state index >= 15 is 0 Å². The second kappa shape index (κ2) is 6.62. The number of nitrogens with zero attached hydrogens (tertiary/aromatic N) is 1. The maximum Gasteiger partial charge on any atom is 0.334 e. The molecule has 2 heterocycles. The number of thiophene rings is 1. The van der Waals surface area contributed by atoms with Crippen molar-refractivity contribution in [3.63, 3.8) is 0 Å². The Labute approximate surface area is 131 Å². The smallest absolute Gasteiger partial charge is 0.334 e. The number of ether oxygens (including phenoxy) is 1. The van der Waals surface area contributed by atoms with Crippen molar-refractivity contribution in [1.82, 2.24) is 0 Å². The van der Waals surface area contributed by atoms with E-state index in [1.54, 1.807) is 13.0 Å². The SMILES string of the molecule is CCOC(=O)C1=Cc2sc(Br)cc2N=C([NH-])C1.[Pd]. The average molecular weight is 421 g/mol. The van der Waals surface area contributed by atoms with Crippen LogP contribution in [-0.2, 0) is 30.0 Å². The minimum Gasteiger partial charge on any atom is -0.485 e. The van der Waals surface area contributed by atoms with Gasteiger partial charge in [0, 0.05) is 30.9 Å². The third-order valence-electron chi connectivity index (χ3n) is 2.17. The Hall–Kier alpha value is -0.478. The zero-order valence-electron chi connectivity index (χ0n) is 9.44. The van der Waals surface area contributed by atoms with Crippen molar-refractivity contribution < 1.29 is 30.0 Å². The molecule has 1 N–H and O–H groups in total. The molecule has 0 saturated heterocycles. The van der Waals surface area contributed by atoms with Crippen molar-refractivity contribution in [2.75, 3.05) is 6.61 Å². The van der Waals surface area contributed by atoms with E-state index in [9.17, 15) is 4.79 Å². The van der Waals surface area contributed by atoms with Crippen molar-refractivity contribution >= 4 is 50.8 Å². The van der Waals surface area contributed by atoms with Crippen LogP contribution in [0.2, 0.25) is 0 Å². The molecule has 100 valence electrons. The van der Waals surface area contributed by atoms with Crippen LogP contribution in [-0.4, -0.2) is 18.4 Å². The molecule has 0 fully saturated rings. The van der Waals surface area contributed by atoms with E-state index in [-0.39, 0.29) is 38.6 Å². The molecule has 1 aliphatic rings. The van der Waals surface area contributed by atoms with Gasteiger partial charge in [0.25, 0.3) is 0 Å². The summed E-state index contributed by atoms with van der Waals surface area (Å²) in [7, 11) is 0. The van der Waals surface area contributed by atoms with Crippen molar-refractivity contribution in [3.05, 3.63) is 26.0 Å². The molecule has 1 aromatic rings. The summed E-state index contributed by atoms with van der Waals surface area (Å²) in [6.45, 7) is 2.10. The van der Waals surface area contributed by atoms with Gasteiger partial charge < -0.3 is 15.5 Å². The Morgan fingerprint density at radius 2 is 2.39 bits per heavy atom. The molecule has 0 unspecified atom stereocenters. The van der Waals surface area contributed by atoms with E-state index in [1.165, 1.54) is 11.3 Å². The molecule has 0 atom stereocenters. The van der Waals surface area contributed by atoms with Crippen LogP contribution in [0.1, 0.15) is 18.2 Å². The largest absolute Gasteiger partial charge is 0.485 e. The topological polar surface area (TPSA) is 62.5 Å². The van der Waals surface area contributed by atoms with Gasteiger partial charge in [0.05, 0.1) is 10.4 Å². The number of hydrogen-bond acceptors (Lipinski definition) is 4. The summed E-state index contributed by atoms with van der Waals surface area (Å²) >= 11 is 4.86. The molecule has 0 radical (unpaired) electrons. The molecule has 1 aromatic heterocycles. The van der Waals surface area contributed by atoms with Crippen molar-refractivity contribution in [1.29, 1.82) is 0 Å². The standard InChI is InChI=1S/C11H11BrN2O2S.Pd/c1-2-16-11(15)6-3-8-7(5-9(12)17-8)14-10(13)4-6;/h3,5H,2,4H2,1H3,(H2,13,14,15);/p-1. The normalized spacial score (nSPS) is 13.7. The molecule has 0 saturated carbocycles. The third kappa shape index (κ3) is 3.51. The molecular weight excluding hydrogens is 411 g/mol. The number of nitrogens with one attached hydrogen (secondary N) is 1. The molecule has 7 heteroatoms. The minimum absolute atomic E-state index is 0. The first-order valence-corrected chi connectivity index (χ1v) is 6.67. The van der Waals surface area contributed by atoms with Crippen molar-refractivity contribution in [3.8, 4) is 0 Å². The number of carbonyl (C=O) groups excluding carboxylic acids is 1. The Balaban J connectivity index is 0.00000162. The Kier molecular flexibility index (Phi) is 5.73. The van der Waals surface area contributed by atoms with Crippen LogP contribution < -0.4 is 0 Å². The van der Waals surface area contributed by atoms with Crippen LogP contribution in [0.5, 0.6) is 0 Å². The van der Waals surface area contributed by atoms with Gasteiger partial charge >= 0.3 is 5.97 Å². The van der Waals surface area contributed by atoms with Gasteiger partial charge in [0.1, 0.15) is 0 Å². The molecular formula is C11H10BrN2O2PdS-. The summed E-state index contributed by atoms with van der Waals surface area (Å²) in [5, 5.41) is 0. The molecule has 18 heavy (non-hydrogen) atoms. The van der Waals surface area contributed by atoms with Crippen LogP contribution in [0, 0.1) is 0 Å². The minimum atomic E-state index is -0.371. The van der Waals surface area contributed by atoms with Gasteiger partial charge in [-0.1, -0.05) is 5.84 Å². The summed E-state index contributed by atoms with van der Waals surface area (Å²) in [6.07, 6.45) is 1.98. The number of amidine groups is 1. The quantitative estimate of drug-likeness (QED) is 0.537. The van der Waals surface area contributed by atoms with Gasteiger partial charge in [-0.2, -0.15) is 0 Å². The summed E-state index contributed by atoms with van der Waals surface area (Å²) in [5.74, 6) is -0.196. The summed E-state index contributed by atoms with van der Waals surface area (Å²) in [4.78, 5) is 16.7. The van der Waals surface area contributed by atoms with Crippen LogP contribution in [0.3, 0.4) is 0 Å². The molecule has 1 aliphatic heterocycles. The number of halogens is 1. The Morgan fingerprint density at radius 1 is 1.67 bits per heavy atom. The van der Waals surface area contributed by atoms with Gasteiger partial charge in [0.15, 0.2) is 0 Å². The fourth-order valence-electron chi connectivity index (χ4n) is 1.49. The third-order valence-corrected chi connectivity index (χ3v) is 3.74. The maximum atomic E-state index is 11.7. The molecule has 0 aliphatic carbocycles. The molecule has 0 aromatic carbocycles. The van der Waals surface area contributed by atoms with Crippen LogP contribution in [0.25, 0.3) is 11.8 Å². The first-order valence-electron chi connectivity index (χ1n) is 5.06. The summed E-state index contributed by atoms with van der Waals surface area (Å²) in [6, 6.07) is 1.85. The monoisotopic (exact) mass is 419 g/mol.